The van der Waals surface area contributed by atoms with E-state index in [9.17, 15) is 8.42 Å². The molecule has 1 fully saturated rings. The Labute approximate surface area is 220 Å². The van der Waals surface area contributed by atoms with Crippen molar-refractivity contribution in [2.24, 2.45) is 13.0 Å². The second-order valence-electron chi connectivity index (χ2n) is 9.95. The SMILES string of the molecule is Cc1nnn(C)c1-c1cnc2c3c(S(C)(=O)=O)cccc3n([C@H](c3ccccc3F)C3CCOCC3)c2c1. The molecule has 0 aliphatic carbocycles. The summed E-state index contributed by atoms with van der Waals surface area (Å²) >= 11 is 0. The zero-order valence-electron chi connectivity index (χ0n) is 21.4. The summed E-state index contributed by atoms with van der Waals surface area (Å²) in [6.07, 6.45) is 4.44. The predicted octanol–water partition coefficient (Wildman–Crippen LogP) is 4.85. The van der Waals surface area contributed by atoms with Gasteiger partial charge in [0.25, 0.3) is 0 Å². The number of pyridine rings is 1. The van der Waals surface area contributed by atoms with E-state index in [0.29, 0.717) is 35.2 Å². The number of ether oxygens (including phenoxy) is 1. The summed E-state index contributed by atoms with van der Waals surface area (Å²) in [4.78, 5) is 5.02. The van der Waals surface area contributed by atoms with E-state index in [-0.39, 0.29) is 16.6 Å². The topological polar surface area (TPSA) is 91.9 Å². The van der Waals surface area contributed by atoms with Gasteiger partial charge in [-0.3, -0.25) is 4.98 Å². The molecule has 5 aromatic rings. The van der Waals surface area contributed by atoms with Crippen molar-refractivity contribution in [2.75, 3.05) is 19.5 Å². The largest absolute Gasteiger partial charge is 0.381 e. The fourth-order valence-corrected chi connectivity index (χ4v) is 6.76. The molecule has 0 saturated carbocycles. The van der Waals surface area contributed by atoms with E-state index in [1.807, 2.05) is 38.2 Å². The standard InChI is InChI=1S/C28H28FN5O3S/c1-17-27(33(2)32-31-17)19-15-23-26(30-16-19)25-22(9-6-10-24(25)38(3,35)36)34(23)28(18-11-13-37-14-12-18)20-7-4-5-8-21(20)29/h4-10,15-16,18,28H,11-14H2,1-3H3/t28-/m0/s1. The minimum Gasteiger partial charge on any atom is -0.381 e. The highest BCUT2D eigenvalue weighted by molar-refractivity contribution is 7.91. The number of rotatable bonds is 5. The van der Waals surface area contributed by atoms with E-state index in [1.54, 1.807) is 29.1 Å². The molecule has 196 valence electrons. The Kier molecular flexibility index (Phi) is 6.03. The first-order chi connectivity index (χ1) is 18.3. The third-order valence-corrected chi connectivity index (χ3v) is 8.65. The smallest absolute Gasteiger partial charge is 0.176 e. The van der Waals surface area contributed by atoms with Gasteiger partial charge in [0.05, 0.1) is 38.9 Å². The molecule has 0 unspecified atom stereocenters. The molecular formula is C28H28FN5O3S. The van der Waals surface area contributed by atoms with Crippen LogP contribution in [0, 0.1) is 18.7 Å². The van der Waals surface area contributed by atoms with Crippen molar-refractivity contribution in [3.05, 3.63) is 71.8 Å². The Morgan fingerprint density at radius 2 is 1.84 bits per heavy atom. The maximum Gasteiger partial charge on any atom is 0.176 e. The molecule has 1 aliphatic rings. The van der Waals surface area contributed by atoms with E-state index in [1.165, 1.54) is 12.3 Å². The monoisotopic (exact) mass is 533 g/mol. The minimum atomic E-state index is -3.57. The van der Waals surface area contributed by atoms with Gasteiger partial charge in [-0.25, -0.2) is 17.5 Å². The van der Waals surface area contributed by atoms with E-state index < -0.39 is 15.9 Å². The van der Waals surface area contributed by atoms with Crippen LogP contribution in [0.2, 0.25) is 0 Å². The first-order valence-electron chi connectivity index (χ1n) is 12.6. The third-order valence-electron chi connectivity index (χ3n) is 7.51. The second-order valence-corrected chi connectivity index (χ2v) is 11.9. The summed E-state index contributed by atoms with van der Waals surface area (Å²) in [6.45, 7) is 3.06. The van der Waals surface area contributed by atoms with E-state index in [2.05, 4.69) is 14.9 Å². The normalized spacial score (nSPS) is 15.9. The van der Waals surface area contributed by atoms with Crippen molar-refractivity contribution in [3.8, 4) is 11.3 Å². The first kappa shape index (κ1) is 24.7. The van der Waals surface area contributed by atoms with Gasteiger partial charge < -0.3 is 9.30 Å². The van der Waals surface area contributed by atoms with E-state index in [4.69, 9.17) is 9.72 Å². The van der Waals surface area contributed by atoms with Crippen LogP contribution in [-0.2, 0) is 21.6 Å². The van der Waals surface area contributed by atoms with Crippen molar-refractivity contribution >= 4 is 31.8 Å². The zero-order valence-corrected chi connectivity index (χ0v) is 22.2. The maximum atomic E-state index is 15.5. The molecule has 1 atom stereocenters. The third kappa shape index (κ3) is 3.99. The average Bonchev–Trinajstić information content (AvgIpc) is 3.41. The van der Waals surface area contributed by atoms with Crippen molar-refractivity contribution in [1.29, 1.82) is 0 Å². The van der Waals surface area contributed by atoms with Gasteiger partial charge in [0.1, 0.15) is 5.82 Å². The molecule has 8 nitrogen and oxygen atoms in total. The van der Waals surface area contributed by atoms with Crippen LogP contribution < -0.4 is 0 Å². The number of aromatic nitrogens is 5. The Morgan fingerprint density at radius 3 is 2.53 bits per heavy atom. The van der Waals surface area contributed by atoms with Crippen LogP contribution in [0.15, 0.2) is 59.6 Å². The number of hydrogen-bond acceptors (Lipinski definition) is 6. The number of benzene rings is 2. The number of fused-ring (bicyclic) bond motifs is 3. The maximum absolute atomic E-state index is 15.5. The van der Waals surface area contributed by atoms with Crippen LogP contribution in [0.4, 0.5) is 4.39 Å². The summed E-state index contributed by atoms with van der Waals surface area (Å²) in [5.41, 5.74) is 4.92. The van der Waals surface area contributed by atoms with Gasteiger partial charge >= 0.3 is 0 Å². The molecule has 6 rings (SSSR count). The Bertz CT molecular complexity index is 1770. The molecule has 1 saturated heterocycles. The number of sulfone groups is 1. The van der Waals surface area contributed by atoms with Crippen LogP contribution >= 0.6 is 0 Å². The van der Waals surface area contributed by atoms with Gasteiger partial charge in [0.15, 0.2) is 9.84 Å². The van der Waals surface area contributed by atoms with Gasteiger partial charge in [-0.1, -0.05) is 29.5 Å². The Balaban J connectivity index is 1.75. The molecule has 0 N–H and O–H groups in total. The van der Waals surface area contributed by atoms with Crippen molar-refractivity contribution in [1.82, 2.24) is 24.5 Å². The number of hydrogen-bond donors (Lipinski definition) is 0. The van der Waals surface area contributed by atoms with Gasteiger partial charge in [-0.05, 0) is 49.9 Å². The summed E-state index contributed by atoms with van der Waals surface area (Å²) in [5, 5.41) is 8.87. The van der Waals surface area contributed by atoms with E-state index in [0.717, 1.165) is 35.3 Å². The molecule has 0 spiro atoms. The summed E-state index contributed by atoms with van der Waals surface area (Å²) in [7, 11) is -1.75. The molecule has 38 heavy (non-hydrogen) atoms. The van der Waals surface area contributed by atoms with Crippen LogP contribution in [0.5, 0.6) is 0 Å². The van der Waals surface area contributed by atoms with Crippen LogP contribution in [0.25, 0.3) is 33.2 Å². The molecule has 4 heterocycles. The lowest BCUT2D eigenvalue weighted by Gasteiger charge is -2.33. The van der Waals surface area contributed by atoms with Crippen molar-refractivity contribution in [3.63, 3.8) is 0 Å². The summed E-state index contributed by atoms with van der Waals surface area (Å²) < 4.78 is 50.7. The molecule has 1 aliphatic heterocycles. The van der Waals surface area contributed by atoms with Gasteiger partial charge in [-0.2, -0.15) is 0 Å². The van der Waals surface area contributed by atoms with Gasteiger partial charge in [0.2, 0.25) is 0 Å². The highest BCUT2D eigenvalue weighted by atomic mass is 32.2. The Morgan fingerprint density at radius 1 is 1.08 bits per heavy atom. The molecule has 0 amide bonds. The van der Waals surface area contributed by atoms with Gasteiger partial charge in [-0.15, -0.1) is 5.10 Å². The Hall–Kier alpha value is -3.63. The second kappa shape index (κ2) is 9.28. The fourth-order valence-electron chi connectivity index (χ4n) is 5.86. The van der Waals surface area contributed by atoms with Crippen LogP contribution in [0.1, 0.15) is 30.1 Å². The molecule has 2 aromatic carbocycles. The van der Waals surface area contributed by atoms with E-state index >= 15 is 4.39 Å². The molecule has 3 aromatic heterocycles. The highest BCUT2D eigenvalue weighted by Crippen LogP contribution is 2.43. The molecular weight excluding hydrogens is 505 g/mol. The van der Waals surface area contributed by atoms with Crippen molar-refractivity contribution < 1.29 is 17.5 Å². The minimum absolute atomic E-state index is 0.0742. The molecule has 0 radical (unpaired) electrons. The predicted molar refractivity (Wildman–Crippen MR) is 143 cm³/mol. The molecule has 0 bridgehead atoms. The average molecular weight is 534 g/mol. The molecule has 10 heteroatoms. The van der Waals surface area contributed by atoms with Crippen LogP contribution in [-0.4, -0.2) is 52.4 Å². The number of nitrogens with zero attached hydrogens (tertiary/aromatic N) is 5. The first-order valence-corrected chi connectivity index (χ1v) is 14.5. The fraction of sp³-hybridized carbons (Fsp3) is 0.321. The lowest BCUT2D eigenvalue weighted by atomic mass is 9.86. The van der Waals surface area contributed by atoms with Crippen molar-refractivity contribution in [2.45, 2.75) is 30.7 Å². The number of aryl methyl sites for hydroxylation is 2. The quantitative estimate of drug-likeness (QED) is 0.321. The summed E-state index contributed by atoms with van der Waals surface area (Å²) in [6, 6.07) is 13.7. The van der Waals surface area contributed by atoms with Gasteiger partial charge in [0, 0.05) is 49.2 Å². The lowest BCUT2D eigenvalue weighted by molar-refractivity contribution is 0.0548. The lowest BCUT2D eigenvalue weighted by Crippen LogP contribution is -2.27. The highest BCUT2D eigenvalue weighted by Gasteiger charge is 2.33. The number of halogens is 1. The zero-order chi connectivity index (χ0) is 26.6. The van der Waals surface area contributed by atoms with Crippen LogP contribution in [0.3, 0.4) is 0 Å². The summed E-state index contributed by atoms with van der Waals surface area (Å²) in [5.74, 6) is -0.223.